The van der Waals surface area contributed by atoms with Gasteiger partial charge < -0.3 is 25.2 Å². The van der Waals surface area contributed by atoms with Crippen molar-refractivity contribution in [2.45, 2.75) is 31.7 Å². The molecule has 4 amide bonds. The second kappa shape index (κ2) is 8.86. The van der Waals surface area contributed by atoms with E-state index in [1.807, 2.05) is 0 Å². The monoisotopic (exact) mass is 340 g/mol. The van der Waals surface area contributed by atoms with Crippen molar-refractivity contribution in [1.82, 2.24) is 20.4 Å². The maximum Gasteiger partial charge on any atom is 0.317 e. The molecule has 1 heterocycles. The van der Waals surface area contributed by atoms with Gasteiger partial charge in [0.25, 0.3) is 0 Å². The van der Waals surface area contributed by atoms with Gasteiger partial charge in [-0.25, -0.2) is 4.79 Å². The summed E-state index contributed by atoms with van der Waals surface area (Å²) in [6.07, 6.45) is 3.28. The first-order valence-electron chi connectivity index (χ1n) is 8.59. The summed E-state index contributed by atoms with van der Waals surface area (Å²) in [5, 5.41) is 5.75. The highest BCUT2D eigenvalue weighted by molar-refractivity contribution is 5.79. The van der Waals surface area contributed by atoms with Crippen molar-refractivity contribution in [2.75, 3.05) is 46.9 Å². The molecule has 1 aliphatic heterocycles. The molecule has 0 aromatic heterocycles. The van der Waals surface area contributed by atoms with Crippen LogP contribution in [-0.2, 0) is 14.3 Å². The van der Waals surface area contributed by atoms with E-state index in [9.17, 15) is 14.4 Å². The molecular formula is C16H28N4O4. The quantitative estimate of drug-likeness (QED) is 0.741. The van der Waals surface area contributed by atoms with E-state index in [0.717, 1.165) is 25.7 Å². The summed E-state index contributed by atoms with van der Waals surface area (Å²) in [7, 11) is 3.16. The Labute approximate surface area is 142 Å². The van der Waals surface area contributed by atoms with Crippen LogP contribution in [-0.4, -0.2) is 80.6 Å². The molecule has 8 heteroatoms. The molecule has 0 atom stereocenters. The van der Waals surface area contributed by atoms with E-state index in [4.69, 9.17) is 4.74 Å². The number of nitrogens with one attached hydrogen (secondary N) is 2. The first kappa shape index (κ1) is 18.5. The molecule has 0 aromatic carbocycles. The number of hydrogen-bond acceptors (Lipinski definition) is 4. The summed E-state index contributed by atoms with van der Waals surface area (Å²) in [5.74, 6) is 0.125. The lowest BCUT2D eigenvalue weighted by molar-refractivity contribution is -0.136. The van der Waals surface area contributed by atoms with Crippen molar-refractivity contribution in [3.63, 3.8) is 0 Å². The van der Waals surface area contributed by atoms with E-state index in [1.54, 1.807) is 16.8 Å². The van der Waals surface area contributed by atoms with E-state index in [1.165, 1.54) is 7.11 Å². The predicted molar refractivity (Wildman–Crippen MR) is 88.4 cm³/mol. The zero-order valence-electron chi connectivity index (χ0n) is 14.5. The van der Waals surface area contributed by atoms with Gasteiger partial charge in [0.15, 0.2) is 0 Å². The number of piperazine rings is 1. The Morgan fingerprint density at radius 3 is 2.12 bits per heavy atom. The first-order chi connectivity index (χ1) is 11.5. The molecule has 2 rings (SSSR count). The molecule has 0 aromatic rings. The summed E-state index contributed by atoms with van der Waals surface area (Å²) in [6.45, 7) is 2.24. The van der Waals surface area contributed by atoms with E-state index in [0.29, 0.717) is 26.2 Å². The average Bonchev–Trinajstić information content (AvgIpc) is 2.62. The smallest absolute Gasteiger partial charge is 0.317 e. The van der Waals surface area contributed by atoms with E-state index in [-0.39, 0.29) is 36.4 Å². The predicted octanol–water partition coefficient (Wildman–Crippen LogP) is -0.209. The number of amides is 4. The van der Waals surface area contributed by atoms with Gasteiger partial charge in [-0.2, -0.15) is 0 Å². The maximum atomic E-state index is 12.3. The molecule has 8 nitrogen and oxygen atoms in total. The number of nitrogens with zero attached hydrogens (tertiary/aromatic N) is 2. The van der Waals surface area contributed by atoms with Crippen molar-refractivity contribution in [3.05, 3.63) is 0 Å². The fourth-order valence-corrected chi connectivity index (χ4v) is 3.34. The van der Waals surface area contributed by atoms with Crippen LogP contribution in [0, 0.1) is 5.92 Å². The Balaban J connectivity index is 1.71. The van der Waals surface area contributed by atoms with Crippen molar-refractivity contribution < 1.29 is 19.1 Å². The standard InChI is InChI=1S/C16H28N4O4/c1-17-15(22)12-3-5-13(6-4-12)18-16(23)20-9-7-19(8-10-20)14(21)11-24-2/h12-13H,3-11H2,1-2H3,(H,17,22)(H,18,23). The van der Waals surface area contributed by atoms with Crippen molar-refractivity contribution in [1.29, 1.82) is 0 Å². The fraction of sp³-hybridized carbons (Fsp3) is 0.812. The normalized spacial score (nSPS) is 24.4. The summed E-state index contributed by atoms with van der Waals surface area (Å²) in [5.41, 5.74) is 0. The van der Waals surface area contributed by atoms with Crippen LogP contribution >= 0.6 is 0 Å². The van der Waals surface area contributed by atoms with Gasteiger partial charge >= 0.3 is 6.03 Å². The van der Waals surface area contributed by atoms with Crippen LogP contribution in [0.1, 0.15) is 25.7 Å². The number of methoxy groups -OCH3 is 1. The van der Waals surface area contributed by atoms with Crippen LogP contribution in [0.5, 0.6) is 0 Å². The molecule has 24 heavy (non-hydrogen) atoms. The van der Waals surface area contributed by atoms with E-state index in [2.05, 4.69) is 10.6 Å². The van der Waals surface area contributed by atoms with Gasteiger partial charge in [0.1, 0.15) is 6.61 Å². The molecule has 0 spiro atoms. The Hall–Kier alpha value is -1.83. The third-order valence-corrected chi connectivity index (χ3v) is 4.86. The second-order valence-corrected chi connectivity index (χ2v) is 6.41. The highest BCUT2D eigenvalue weighted by Gasteiger charge is 2.29. The third-order valence-electron chi connectivity index (χ3n) is 4.86. The lowest BCUT2D eigenvalue weighted by atomic mass is 9.85. The SMILES string of the molecule is CNC(=O)C1CCC(NC(=O)N2CCN(C(=O)COC)CC2)CC1. The largest absolute Gasteiger partial charge is 0.375 e. The minimum Gasteiger partial charge on any atom is -0.375 e. The summed E-state index contributed by atoms with van der Waals surface area (Å²) in [6, 6.07) is 0.0591. The summed E-state index contributed by atoms with van der Waals surface area (Å²) >= 11 is 0. The van der Waals surface area contributed by atoms with Crippen LogP contribution in [0.2, 0.25) is 0 Å². The zero-order chi connectivity index (χ0) is 17.5. The van der Waals surface area contributed by atoms with Crippen LogP contribution in [0.25, 0.3) is 0 Å². The van der Waals surface area contributed by atoms with Gasteiger partial charge in [0.2, 0.25) is 11.8 Å². The lowest BCUT2D eigenvalue weighted by Gasteiger charge is -2.36. The van der Waals surface area contributed by atoms with E-state index >= 15 is 0 Å². The maximum absolute atomic E-state index is 12.3. The number of rotatable bonds is 4. The minimum absolute atomic E-state index is 0.0370. The topological polar surface area (TPSA) is 91.0 Å². The Morgan fingerprint density at radius 1 is 1.00 bits per heavy atom. The third kappa shape index (κ3) is 4.83. The molecule has 0 unspecified atom stereocenters. The lowest BCUT2D eigenvalue weighted by Crippen LogP contribution is -2.55. The Kier molecular flexibility index (Phi) is 6.84. The molecular weight excluding hydrogens is 312 g/mol. The number of carbonyl (C=O) groups is 3. The second-order valence-electron chi connectivity index (χ2n) is 6.41. The summed E-state index contributed by atoms with van der Waals surface area (Å²) in [4.78, 5) is 39.2. The van der Waals surface area contributed by atoms with Gasteiger partial charge in [-0.1, -0.05) is 0 Å². The van der Waals surface area contributed by atoms with Crippen molar-refractivity contribution in [2.24, 2.45) is 5.92 Å². The van der Waals surface area contributed by atoms with Gasteiger partial charge in [-0.05, 0) is 25.7 Å². The highest BCUT2D eigenvalue weighted by atomic mass is 16.5. The highest BCUT2D eigenvalue weighted by Crippen LogP contribution is 2.24. The van der Waals surface area contributed by atoms with Crippen molar-refractivity contribution in [3.8, 4) is 0 Å². The van der Waals surface area contributed by atoms with Crippen LogP contribution in [0.3, 0.4) is 0 Å². The zero-order valence-corrected chi connectivity index (χ0v) is 14.5. The molecule has 0 bridgehead atoms. The number of hydrogen-bond donors (Lipinski definition) is 2. The van der Waals surface area contributed by atoms with Gasteiger partial charge in [-0.15, -0.1) is 0 Å². The molecule has 1 saturated carbocycles. The van der Waals surface area contributed by atoms with Gasteiger partial charge in [0, 0.05) is 52.3 Å². The van der Waals surface area contributed by atoms with Crippen LogP contribution < -0.4 is 10.6 Å². The van der Waals surface area contributed by atoms with Gasteiger partial charge in [0.05, 0.1) is 0 Å². The Morgan fingerprint density at radius 2 is 1.58 bits per heavy atom. The number of carbonyl (C=O) groups excluding carboxylic acids is 3. The minimum atomic E-state index is -0.0720. The number of ether oxygens (including phenoxy) is 1. The van der Waals surface area contributed by atoms with Crippen LogP contribution in [0.15, 0.2) is 0 Å². The average molecular weight is 340 g/mol. The fourth-order valence-electron chi connectivity index (χ4n) is 3.34. The van der Waals surface area contributed by atoms with Crippen LogP contribution in [0.4, 0.5) is 4.79 Å². The molecule has 2 fully saturated rings. The molecule has 1 saturated heterocycles. The summed E-state index contributed by atoms with van der Waals surface area (Å²) < 4.78 is 4.85. The van der Waals surface area contributed by atoms with Gasteiger partial charge in [-0.3, -0.25) is 9.59 Å². The number of urea groups is 1. The molecule has 2 N–H and O–H groups in total. The van der Waals surface area contributed by atoms with E-state index < -0.39 is 0 Å². The molecule has 1 aliphatic carbocycles. The molecule has 136 valence electrons. The first-order valence-corrected chi connectivity index (χ1v) is 8.59. The molecule has 2 aliphatic rings. The Bertz CT molecular complexity index is 455. The van der Waals surface area contributed by atoms with Crippen molar-refractivity contribution >= 4 is 17.8 Å². The molecule has 0 radical (unpaired) electrons.